The number of halogens is 13. The van der Waals surface area contributed by atoms with Crippen LogP contribution < -0.4 is 0 Å². The fourth-order valence-electron chi connectivity index (χ4n) is 1.34. The van der Waals surface area contributed by atoms with Gasteiger partial charge in [0.05, 0.1) is 0 Å². The van der Waals surface area contributed by atoms with E-state index in [1.807, 2.05) is 4.74 Å². The molecule has 2 unspecified atom stereocenters. The van der Waals surface area contributed by atoms with Crippen LogP contribution in [0, 0.1) is 0 Å². The first-order valence-electron chi connectivity index (χ1n) is 4.75. The van der Waals surface area contributed by atoms with Crippen LogP contribution in [-0.2, 0) is 4.74 Å². The number of hydrogen-bond donors (Lipinski definition) is 0. The smallest absolute Gasteiger partial charge is 0.243 e. The highest BCUT2D eigenvalue weighted by Gasteiger charge is 2.85. The topological polar surface area (TPSA) is 12.5 Å². The number of morpholine rings is 1. The summed E-state index contributed by atoms with van der Waals surface area (Å²) in [6, 6.07) is -13.4. The average Bonchev–Trinajstić information content (AvgIpc) is 2.22. The van der Waals surface area contributed by atoms with Gasteiger partial charge in [-0.25, -0.2) is 13.5 Å². The molecule has 22 heavy (non-hydrogen) atoms. The van der Waals surface area contributed by atoms with Gasteiger partial charge in [0.25, 0.3) is 0 Å². The minimum atomic E-state index is -6.72. The van der Waals surface area contributed by atoms with Crippen molar-refractivity contribution in [3.63, 3.8) is 0 Å². The zero-order valence-corrected chi connectivity index (χ0v) is 9.42. The van der Waals surface area contributed by atoms with E-state index in [1.165, 1.54) is 0 Å². The zero-order valence-electron chi connectivity index (χ0n) is 9.42. The van der Waals surface area contributed by atoms with Crippen molar-refractivity contribution in [1.29, 1.82) is 0 Å². The lowest BCUT2D eigenvalue weighted by Crippen LogP contribution is -2.76. The standard InChI is InChI=1S/C7H2F13NO/c8-1(3(10,11)12)2(9)21-4(13,14)6(17,18)22-7(19,20)5(21,15)16/h1-2H. The van der Waals surface area contributed by atoms with Crippen LogP contribution in [0.2, 0.25) is 0 Å². The number of ether oxygens (including phenoxy) is 1. The Morgan fingerprint density at radius 1 is 0.727 bits per heavy atom. The van der Waals surface area contributed by atoms with Gasteiger partial charge in [-0.3, -0.25) is 0 Å². The minimum Gasteiger partial charge on any atom is -0.243 e. The van der Waals surface area contributed by atoms with Crippen molar-refractivity contribution in [3.8, 4) is 0 Å². The Balaban J connectivity index is 3.44. The van der Waals surface area contributed by atoms with Gasteiger partial charge in [0.15, 0.2) is 0 Å². The average molecular weight is 363 g/mol. The highest BCUT2D eigenvalue weighted by Crippen LogP contribution is 2.57. The first-order valence-corrected chi connectivity index (χ1v) is 4.75. The van der Waals surface area contributed by atoms with Crippen LogP contribution >= 0.6 is 0 Å². The molecule has 0 radical (unpaired) electrons. The lowest BCUT2D eigenvalue weighted by atomic mass is 10.2. The minimum absolute atomic E-state index is 1.86. The molecule has 0 aromatic rings. The SMILES string of the molecule is FC(C(F)C(F)(F)F)N1C(F)(F)C(F)(F)OC(F)(F)C1(F)F. The molecule has 1 aliphatic heterocycles. The van der Waals surface area contributed by atoms with Gasteiger partial charge in [-0.05, 0) is 0 Å². The molecule has 2 atom stereocenters. The summed E-state index contributed by atoms with van der Waals surface area (Å²) in [6.45, 7) is 0. The summed E-state index contributed by atoms with van der Waals surface area (Å²) in [4.78, 5) is -3.19. The molecule has 0 saturated carbocycles. The predicted octanol–water partition coefficient (Wildman–Crippen LogP) is 3.89. The molecule has 0 aromatic carbocycles. The molecule has 0 N–H and O–H groups in total. The van der Waals surface area contributed by atoms with Crippen LogP contribution in [0.3, 0.4) is 0 Å². The Kier molecular flexibility index (Phi) is 4.12. The lowest BCUT2D eigenvalue weighted by molar-refractivity contribution is -0.573. The van der Waals surface area contributed by atoms with Gasteiger partial charge in [0.1, 0.15) is 0 Å². The number of nitrogens with zero attached hydrogens (tertiary/aromatic N) is 1. The monoisotopic (exact) mass is 363 g/mol. The Morgan fingerprint density at radius 2 is 1.05 bits per heavy atom. The van der Waals surface area contributed by atoms with Crippen molar-refractivity contribution in [2.45, 2.75) is 43.0 Å². The van der Waals surface area contributed by atoms with Gasteiger partial charge in [-0.2, -0.15) is 48.3 Å². The van der Waals surface area contributed by atoms with Crippen LogP contribution in [0.5, 0.6) is 0 Å². The van der Waals surface area contributed by atoms with Crippen molar-refractivity contribution in [2.75, 3.05) is 0 Å². The van der Waals surface area contributed by atoms with Gasteiger partial charge in [0, 0.05) is 0 Å². The van der Waals surface area contributed by atoms with E-state index >= 15 is 0 Å². The molecule has 1 aliphatic rings. The maximum absolute atomic E-state index is 13.0. The van der Waals surface area contributed by atoms with Crippen molar-refractivity contribution >= 4 is 0 Å². The van der Waals surface area contributed by atoms with Crippen LogP contribution in [0.4, 0.5) is 57.1 Å². The van der Waals surface area contributed by atoms with E-state index < -0.39 is 47.9 Å². The number of hydrogen-bond acceptors (Lipinski definition) is 2. The molecular weight excluding hydrogens is 361 g/mol. The Labute approximate surface area is 111 Å². The van der Waals surface area contributed by atoms with Crippen molar-refractivity contribution in [1.82, 2.24) is 4.90 Å². The summed E-state index contributed by atoms with van der Waals surface area (Å²) in [7, 11) is 0. The van der Waals surface area contributed by atoms with E-state index in [0.29, 0.717) is 0 Å². The third kappa shape index (κ3) is 2.57. The molecule has 1 rings (SSSR count). The van der Waals surface area contributed by atoms with Gasteiger partial charge in [-0.1, -0.05) is 0 Å². The van der Waals surface area contributed by atoms with Gasteiger partial charge in [-0.15, -0.1) is 4.90 Å². The maximum Gasteiger partial charge on any atom is 0.439 e. The number of alkyl halides is 13. The second-order valence-electron chi connectivity index (χ2n) is 3.90. The van der Waals surface area contributed by atoms with E-state index in [2.05, 4.69) is 0 Å². The highest BCUT2D eigenvalue weighted by molar-refractivity contribution is 4.97. The molecule has 0 aliphatic carbocycles. The second kappa shape index (κ2) is 4.75. The van der Waals surface area contributed by atoms with Gasteiger partial charge >= 0.3 is 30.5 Å². The summed E-state index contributed by atoms with van der Waals surface area (Å²) >= 11 is 0. The number of rotatable bonds is 2. The van der Waals surface area contributed by atoms with Crippen LogP contribution in [0.1, 0.15) is 0 Å². The third-order valence-electron chi connectivity index (χ3n) is 2.36. The van der Waals surface area contributed by atoms with Crippen molar-refractivity contribution in [2.24, 2.45) is 0 Å². The fraction of sp³-hybridized carbons (Fsp3) is 1.00. The molecule has 2 nitrogen and oxygen atoms in total. The van der Waals surface area contributed by atoms with Crippen LogP contribution in [-0.4, -0.2) is 47.9 Å². The Morgan fingerprint density at radius 3 is 1.32 bits per heavy atom. The second-order valence-corrected chi connectivity index (χ2v) is 3.90. The summed E-state index contributed by atoms with van der Waals surface area (Å²) in [5.74, 6) is 0. The third-order valence-corrected chi connectivity index (χ3v) is 2.36. The quantitative estimate of drug-likeness (QED) is 0.545. The Hall–Kier alpha value is -0.990. The van der Waals surface area contributed by atoms with E-state index in [-0.39, 0.29) is 0 Å². The summed E-state index contributed by atoms with van der Waals surface area (Å²) in [5.41, 5.74) is 0. The predicted molar refractivity (Wildman–Crippen MR) is 38.6 cm³/mol. The molecule has 132 valence electrons. The van der Waals surface area contributed by atoms with Crippen LogP contribution in [0.25, 0.3) is 0 Å². The van der Waals surface area contributed by atoms with E-state index in [9.17, 15) is 57.1 Å². The van der Waals surface area contributed by atoms with Crippen LogP contribution in [0.15, 0.2) is 0 Å². The van der Waals surface area contributed by atoms with Gasteiger partial charge < -0.3 is 0 Å². The molecule has 1 saturated heterocycles. The molecule has 0 spiro atoms. The molecule has 0 amide bonds. The summed E-state index contributed by atoms with van der Waals surface area (Å²) < 4.78 is 165. The normalized spacial score (nSPS) is 29.9. The first-order chi connectivity index (χ1) is 9.39. The van der Waals surface area contributed by atoms with E-state index in [1.54, 1.807) is 0 Å². The first kappa shape index (κ1) is 19.1. The van der Waals surface area contributed by atoms with Crippen molar-refractivity contribution in [3.05, 3.63) is 0 Å². The van der Waals surface area contributed by atoms with E-state index in [0.717, 1.165) is 0 Å². The largest absolute Gasteiger partial charge is 0.439 e. The summed E-state index contributed by atoms with van der Waals surface area (Å²) in [6.07, 6.45) is -29.9. The maximum atomic E-state index is 13.0. The molecule has 0 aromatic heterocycles. The Bertz CT molecular complexity index is 405. The van der Waals surface area contributed by atoms with Crippen molar-refractivity contribution < 1.29 is 61.8 Å². The molecule has 15 heteroatoms. The summed E-state index contributed by atoms with van der Waals surface area (Å²) in [5, 5.41) is 0. The zero-order chi connectivity index (χ0) is 17.9. The van der Waals surface area contributed by atoms with E-state index in [4.69, 9.17) is 0 Å². The molecule has 1 heterocycles. The molecule has 1 fully saturated rings. The lowest BCUT2D eigenvalue weighted by Gasteiger charge is -2.48. The highest BCUT2D eigenvalue weighted by atomic mass is 19.4. The van der Waals surface area contributed by atoms with Gasteiger partial charge in [0.2, 0.25) is 12.5 Å². The molecule has 0 bridgehead atoms. The molecular formula is C7H2F13NO. The fourth-order valence-corrected chi connectivity index (χ4v) is 1.34.